The second-order valence-electron chi connectivity index (χ2n) is 11.4. The highest BCUT2D eigenvalue weighted by molar-refractivity contribution is 7.86. The number of carbonyl (C=O) groups is 2. The maximum atomic E-state index is 13.1. The SMILES string of the molecule is CCCCNC(=O)C1CCN(C(=O)COc2cc(S(=O)(=O)O)c3c4c2CCc2c(S(=O)(=O)O)cc(S(=O)(=O)O)c(c2-4)CC3)CC1. The van der Waals surface area contributed by atoms with Crippen LogP contribution in [0.15, 0.2) is 26.8 Å². The van der Waals surface area contributed by atoms with Crippen molar-refractivity contribution in [3.63, 3.8) is 0 Å². The Balaban J connectivity index is 1.49. The number of rotatable bonds is 10. The van der Waals surface area contributed by atoms with E-state index in [2.05, 4.69) is 5.32 Å². The van der Waals surface area contributed by atoms with Crippen molar-refractivity contribution in [2.75, 3.05) is 26.2 Å². The van der Waals surface area contributed by atoms with Crippen LogP contribution in [0.3, 0.4) is 0 Å². The van der Waals surface area contributed by atoms with Gasteiger partial charge in [0.2, 0.25) is 5.91 Å². The Bertz CT molecular complexity index is 1850. The molecule has 0 bridgehead atoms. The zero-order valence-corrected chi connectivity index (χ0v) is 26.9. The first-order valence-corrected chi connectivity index (χ1v) is 18.8. The van der Waals surface area contributed by atoms with E-state index in [1.807, 2.05) is 6.92 Å². The van der Waals surface area contributed by atoms with Crippen molar-refractivity contribution in [1.82, 2.24) is 10.2 Å². The number of amides is 2. The molecule has 0 saturated carbocycles. The van der Waals surface area contributed by atoms with Gasteiger partial charge in [0.1, 0.15) is 10.6 Å². The van der Waals surface area contributed by atoms with Crippen LogP contribution in [0.4, 0.5) is 0 Å². The first-order chi connectivity index (χ1) is 21.0. The van der Waals surface area contributed by atoms with Gasteiger partial charge in [-0.25, -0.2) is 0 Å². The lowest BCUT2D eigenvalue weighted by atomic mass is 9.75. The van der Waals surface area contributed by atoms with Crippen LogP contribution in [0.5, 0.6) is 5.75 Å². The molecule has 5 rings (SSSR count). The standard InChI is InChI=1S/C28H34N2O12S3/c1-2-3-10-29-28(32)16-8-11-30(12-9-16)25(31)15-42-21-13-22(43(33,34)35)18-6-7-20-24(45(39,40)41)14-23(44(36,37)38)19-5-4-17(21)26(18)27(19)20/h13-14,16H,2-12,15H2,1H3,(H,29,32)(H,33,34,35)(H,36,37,38)(H,39,40,41). The maximum absolute atomic E-state index is 13.1. The van der Waals surface area contributed by atoms with E-state index in [0.717, 1.165) is 18.9 Å². The van der Waals surface area contributed by atoms with Gasteiger partial charge >= 0.3 is 0 Å². The minimum absolute atomic E-state index is 0.0150. The summed E-state index contributed by atoms with van der Waals surface area (Å²) in [5, 5.41) is 2.90. The number of nitrogens with one attached hydrogen (secondary N) is 1. The summed E-state index contributed by atoms with van der Waals surface area (Å²) in [6, 6.07) is 1.78. The monoisotopic (exact) mass is 686 g/mol. The third kappa shape index (κ3) is 6.59. The smallest absolute Gasteiger partial charge is 0.294 e. The minimum Gasteiger partial charge on any atom is -0.483 e. The number of hydrogen-bond donors (Lipinski definition) is 4. The Kier molecular flexibility index (Phi) is 9.07. The molecule has 246 valence electrons. The number of piperidine rings is 1. The molecule has 0 aromatic heterocycles. The highest BCUT2D eigenvalue weighted by atomic mass is 32.2. The van der Waals surface area contributed by atoms with Crippen molar-refractivity contribution in [2.24, 2.45) is 5.92 Å². The second-order valence-corrected chi connectivity index (χ2v) is 15.6. The zero-order valence-electron chi connectivity index (χ0n) is 24.4. The molecule has 14 nitrogen and oxygen atoms in total. The molecule has 1 saturated heterocycles. The summed E-state index contributed by atoms with van der Waals surface area (Å²) in [7, 11) is -14.8. The molecule has 2 aromatic rings. The molecule has 0 atom stereocenters. The highest BCUT2D eigenvalue weighted by Gasteiger charge is 2.39. The summed E-state index contributed by atoms with van der Waals surface area (Å²) in [6.07, 6.45) is 2.59. The van der Waals surface area contributed by atoms with Crippen LogP contribution in [-0.2, 0) is 65.6 Å². The van der Waals surface area contributed by atoms with Gasteiger partial charge in [0.05, 0.1) is 9.79 Å². The summed E-state index contributed by atoms with van der Waals surface area (Å²) < 4.78 is 110. The van der Waals surface area contributed by atoms with Crippen molar-refractivity contribution in [3.05, 3.63) is 34.4 Å². The number of hydrogen-bond acceptors (Lipinski definition) is 9. The van der Waals surface area contributed by atoms with Gasteiger partial charge in [0.15, 0.2) is 6.61 Å². The first-order valence-electron chi connectivity index (χ1n) is 14.5. The zero-order chi connectivity index (χ0) is 32.9. The van der Waals surface area contributed by atoms with E-state index in [9.17, 15) is 48.5 Å². The number of likely N-dealkylation sites (tertiary alicyclic amines) is 1. The number of carbonyl (C=O) groups excluding carboxylic acids is 2. The number of nitrogens with zero attached hydrogens (tertiary/aromatic N) is 1. The van der Waals surface area contributed by atoms with Gasteiger partial charge in [0.25, 0.3) is 36.3 Å². The molecule has 3 aliphatic rings. The summed E-state index contributed by atoms with van der Waals surface area (Å²) in [6.45, 7) is 2.74. The summed E-state index contributed by atoms with van der Waals surface area (Å²) in [4.78, 5) is 25.0. The molecule has 45 heavy (non-hydrogen) atoms. The molecule has 1 heterocycles. The Labute approximate surface area is 261 Å². The normalized spacial score (nSPS) is 16.7. The third-order valence-electron chi connectivity index (χ3n) is 8.65. The van der Waals surface area contributed by atoms with Crippen molar-refractivity contribution in [2.45, 2.75) is 73.0 Å². The van der Waals surface area contributed by atoms with E-state index >= 15 is 0 Å². The first kappa shape index (κ1) is 33.3. The van der Waals surface area contributed by atoms with Crippen LogP contribution in [-0.4, -0.2) is 81.9 Å². The van der Waals surface area contributed by atoms with Crippen LogP contribution in [0.25, 0.3) is 11.1 Å². The number of ether oxygens (including phenoxy) is 1. The molecule has 4 N–H and O–H groups in total. The van der Waals surface area contributed by atoms with E-state index in [0.29, 0.717) is 44.1 Å². The van der Waals surface area contributed by atoms with Crippen molar-refractivity contribution in [1.29, 1.82) is 0 Å². The average molecular weight is 687 g/mol. The molecule has 0 radical (unpaired) electrons. The van der Waals surface area contributed by atoms with E-state index < -0.39 is 57.6 Å². The summed E-state index contributed by atoms with van der Waals surface area (Å²) in [5.74, 6) is -0.767. The van der Waals surface area contributed by atoms with Crippen LogP contribution in [0.2, 0.25) is 0 Å². The molecule has 0 spiro atoms. The van der Waals surface area contributed by atoms with Crippen molar-refractivity contribution < 1.29 is 53.2 Å². The van der Waals surface area contributed by atoms with Gasteiger partial charge in [-0.2, -0.15) is 25.3 Å². The Morgan fingerprint density at radius 2 is 1.27 bits per heavy atom. The fourth-order valence-corrected chi connectivity index (χ4v) is 8.92. The average Bonchev–Trinajstić information content (AvgIpc) is 2.96. The van der Waals surface area contributed by atoms with E-state index in [1.165, 1.54) is 4.90 Å². The lowest BCUT2D eigenvalue weighted by molar-refractivity contribution is -0.137. The maximum Gasteiger partial charge on any atom is 0.294 e. The van der Waals surface area contributed by atoms with Crippen molar-refractivity contribution >= 4 is 42.2 Å². The summed E-state index contributed by atoms with van der Waals surface area (Å²) >= 11 is 0. The lowest BCUT2D eigenvalue weighted by Crippen LogP contribution is -2.44. The minimum atomic E-state index is -4.98. The Morgan fingerprint density at radius 1 is 0.800 bits per heavy atom. The van der Waals surface area contributed by atoms with Crippen LogP contribution in [0, 0.1) is 5.92 Å². The third-order valence-corrected chi connectivity index (χ3v) is 11.4. The predicted molar refractivity (Wildman–Crippen MR) is 159 cm³/mol. The topological polar surface area (TPSA) is 222 Å². The largest absolute Gasteiger partial charge is 0.483 e. The van der Waals surface area contributed by atoms with Crippen molar-refractivity contribution in [3.8, 4) is 16.9 Å². The van der Waals surface area contributed by atoms with Gasteiger partial charge in [-0.3, -0.25) is 23.2 Å². The highest BCUT2D eigenvalue weighted by Crippen LogP contribution is 2.50. The Hall–Kier alpha value is -3.09. The fraction of sp³-hybridized carbons (Fsp3) is 0.500. The number of benzene rings is 2. The molecule has 17 heteroatoms. The van der Waals surface area contributed by atoms with Gasteiger partial charge < -0.3 is 15.0 Å². The van der Waals surface area contributed by atoms with E-state index in [-0.39, 0.29) is 71.1 Å². The van der Waals surface area contributed by atoms with Gasteiger partial charge in [-0.15, -0.1) is 0 Å². The molecule has 2 aromatic carbocycles. The van der Waals surface area contributed by atoms with E-state index in [1.54, 1.807) is 0 Å². The second kappa shape index (κ2) is 12.3. The molecule has 2 aliphatic carbocycles. The van der Waals surface area contributed by atoms with E-state index in [4.69, 9.17) is 4.74 Å². The molecule has 2 amide bonds. The van der Waals surface area contributed by atoms with Gasteiger partial charge in [-0.05, 0) is 78.8 Å². The van der Waals surface area contributed by atoms with Crippen LogP contribution in [0.1, 0.15) is 54.9 Å². The van der Waals surface area contributed by atoms with Gasteiger partial charge in [-0.1, -0.05) is 13.3 Å². The lowest BCUT2D eigenvalue weighted by Gasteiger charge is -2.34. The molecule has 1 fully saturated rings. The predicted octanol–water partition coefficient (Wildman–Crippen LogP) is 1.82. The summed E-state index contributed by atoms with van der Waals surface area (Å²) in [5.41, 5.74) is 0.637. The van der Waals surface area contributed by atoms with Crippen LogP contribution < -0.4 is 10.1 Å². The quantitative estimate of drug-likeness (QED) is 0.208. The number of unbranched alkanes of at least 4 members (excludes halogenated alkanes) is 1. The Morgan fingerprint density at radius 3 is 1.76 bits per heavy atom. The molecular formula is C28H34N2O12S3. The fourth-order valence-electron chi connectivity index (χ4n) is 6.51. The van der Waals surface area contributed by atoms with Gasteiger partial charge in [0, 0.05) is 37.2 Å². The molecule has 0 unspecified atom stereocenters. The molecular weight excluding hydrogens is 653 g/mol. The van der Waals surface area contributed by atoms with Crippen LogP contribution >= 0.6 is 0 Å². The molecule has 1 aliphatic heterocycles.